The minimum atomic E-state index is -0.190. The van der Waals surface area contributed by atoms with Gasteiger partial charge in [-0.05, 0) is 101 Å². The zero-order valence-corrected chi connectivity index (χ0v) is 23.6. The topological polar surface area (TPSA) is 103 Å². The smallest absolute Gasteiger partial charge is 0.275 e. The van der Waals surface area contributed by atoms with Crippen LogP contribution < -0.4 is 5.56 Å². The summed E-state index contributed by atoms with van der Waals surface area (Å²) in [5.74, 6) is -0.220. The van der Waals surface area contributed by atoms with Crippen LogP contribution in [0, 0.1) is 41.5 Å². The van der Waals surface area contributed by atoms with Crippen LogP contribution in [0.2, 0.25) is 0 Å². The number of nitrogens with zero attached hydrogens (tertiary/aromatic N) is 5. The van der Waals surface area contributed by atoms with Crippen LogP contribution in [0.4, 0.5) is 0 Å². The first-order chi connectivity index (χ1) is 17.2. The van der Waals surface area contributed by atoms with E-state index in [2.05, 4.69) is 49.9 Å². The van der Waals surface area contributed by atoms with E-state index in [1.807, 2.05) is 13.0 Å². The number of aryl methyl sites for hydroxylation is 2. The Morgan fingerprint density at radius 3 is 1.30 bits per heavy atom. The summed E-state index contributed by atoms with van der Waals surface area (Å²) in [7, 11) is 4.92. The van der Waals surface area contributed by atoms with Gasteiger partial charge in [0.25, 0.3) is 17.4 Å². The van der Waals surface area contributed by atoms with Crippen molar-refractivity contribution < 1.29 is 9.59 Å². The van der Waals surface area contributed by atoms with Gasteiger partial charge in [0.15, 0.2) is 0 Å². The number of hydrazone groups is 2. The fourth-order valence-corrected chi connectivity index (χ4v) is 4.55. The number of carbonyl (C=O) groups is 2. The summed E-state index contributed by atoms with van der Waals surface area (Å²) in [5, 5.41) is 13.8. The van der Waals surface area contributed by atoms with Gasteiger partial charge < -0.3 is 0 Å². The van der Waals surface area contributed by atoms with E-state index < -0.39 is 0 Å². The van der Waals surface area contributed by atoms with Crippen LogP contribution in [-0.2, 0) is 16.6 Å². The maximum Gasteiger partial charge on any atom is 0.275 e. The number of amides is 2. The van der Waals surface area contributed by atoms with Crippen LogP contribution in [0.3, 0.4) is 0 Å². The molecule has 0 fully saturated rings. The molecule has 0 bridgehead atoms. The molecule has 196 valence electrons. The van der Waals surface area contributed by atoms with Crippen LogP contribution in [0.1, 0.15) is 58.5 Å². The number of aromatic amines is 1. The first kappa shape index (κ1) is 27.6. The third kappa shape index (κ3) is 4.98. The fraction of sp³-hybridized carbons (Fsp3) is 0.393. The molecular weight excluding hydrogens is 468 g/mol. The van der Waals surface area contributed by atoms with E-state index in [1.165, 1.54) is 42.5 Å². The Bertz CT molecular complexity index is 1470. The minimum absolute atomic E-state index is 0.0304. The zero-order chi connectivity index (χ0) is 27.9. The van der Waals surface area contributed by atoms with Gasteiger partial charge in [-0.1, -0.05) is 0 Å². The molecule has 3 heterocycles. The summed E-state index contributed by atoms with van der Waals surface area (Å²) in [6.07, 6.45) is 3.59. The predicted molar refractivity (Wildman–Crippen MR) is 149 cm³/mol. The second kappa shape index (κ2) is 10.2. The summed E-state index contributed by atoms with van der Waals surface area (Å²) < 4.78 is 1.39. The summed E-state index contributed by atoms with van der Waals surface area (Å²) in [6, 6.07) is 0. The highest BCUT2D eigenvalue weighted by Gasteiger charge is 2.26. The van der Waals surface area contributed by atoms with Crippen molar-refractivity contribution in [1.29, 1.82) is 0 Å². The summed E-state index contributed by atoms with van der Waals surface area (Å²) in [6.45, 7) is 16.1. The van der Waals surface area contributed by atoms with Crippen molar-refractivity contribution in [3.05, 3.63) is 66.1 Å². The zero-order valence-electron chi connectivity index (χ0n) is 23.6. The van der Waals surface area contributed by atoms with E-state index in [9.17, 15) is 14.4 Å². The van der Waals surface area contributed by atoms with Crippen molar-refractivity contribution in [2.45, 2.75) is 55.4 Å². The van der Waals surface area contributed by atoms with E-state index >= 15 is 0 Å². The van der Waals surface area contributed by atoms with Gasteiger partial charge in [0.1, 0.15) is 0 Å². The molecular formula is C28H36N6O3. The second-order valence-corrected chi connectivity index (χ2v) is 9.70. The third-order valence-electron chi connectivity index (χ3n) is 7.34. The van der Waals surface area contributed by atoms with E-state index in [4.69, 9.17) is 0 Å². The molecule has 4 rings (SSSR count). The number of nitrogens with one attached hydrogen (secondary N) is 1. The number of rotatable bonds is 2. The first-order valence-corrected chi connectivity index (χ1v) is 12.1. The molecule has 9 nitrogen and oxygen atoms in total. The maximum absolute atomic E-state index is 12.1. The largest absolute Gasteiger partial charge is 0.300 e. The molecule has 2 aliphatic heterocycles. The van der Waals surface area contributed by atoms with Gasteiger partial charge in [0, 0.05) is 26.8 Å². The lowest BCUT2D eigenvalue weighted by Gasteiger charge is -2.17. The molecule has 1 N–H and O–H groups in total. The average molecular weight is 505 g/mol. The van der Waals surface area contributed by atoms with Crippen molar-refractivity contribution in [2.75, 3.05) is 14.1 Å². The molecule has 0 radical (unpaired) electrons. The number of carbonyl (C=O) groups excluding carboxylic acids is 2. The lowest BCUT2D eigenvalue weighted by atomic mass is 9.88. The molecule has 0 aliphatic carbocycles. The molecule has 1 aromatic heterocycles. The molecule has 2 aliphatic rings. The van der Waals surface area contributed by atoms with Gasteiger partial charge in [-0.2, -0.15) is 10.2 Å². The Labute approximate surface area is 217 Å². The Balaban J connectivity index is 0.000000208. The number of H-pyrrole nitrogens is 1. The first-order valence-electron chi connectivity index (χ1n) is 12.1. The third-order valence-corrected chi connectivity index (χ3v) is 7.34. The summed E-state index contributed by atoms with van der Waals surface area (Å²) in [5.41, 5.74) is 11.2. The molecule has 2 amide bonds. The van der Waals surface area contributed by atoms with Gasteiger partial charge in [0.05, 0.1) is 28.1 Å². The molecule has 0 unspecified atom stereocenters. The lowest BCUT2D eigenvalue weighted by molar-refractivity contribution is -0.125. The van der Waals surface area contributed by atoms with Crippen LogP contribution in [0.5, 0.6) is 0 Å². The Morgan fingerprint density at radius 2 is 0.973 bits per heavy atom. The minimum Gasteiger partial charge on any atom is -0.300 e. The predicted octanol–water partition coefficient (Wildman–Crippen LogP) is 3.71. The molecule has 0 spiro atoms. The van der Waals surface area contributed by atoms with Gasteiger partial charge in [-0.15, -0.1) is 0 Å². The van der Waals surface area contributed by atoms with Gasteiger partial charge >= 0.3 is 0 Å². The van der Waals surface area contributed by atoms with E-state index in [0.29, 0.717) is 22.4 Å². The Hall–Kier alpha value is -4.01. The van der Waals surface area contributed by atoms with Crippen molar-refractivity contribution in [3.8, 4) is 0 Å². The summed E-state index contributed by atoms with van der Waals surface area (Å²) >= 11 is 0. The van der Waals surface area contributed by atoms with Crippen molar-refractivity contribution in [1.82, 2.24) is 19.8 Å². The average Bonchev–Trinajstić information content (AvgIpc) is 3.34. The number of likely N-dealkylation sites (N-methyl/N-ethyl adjacent to an activating group) is 2. The van der Waals surface area contributed by atoms with Crippen molar-refractivity contribution in [3.63, 3.8) is 0 Å². The standard InChI is InChI=1S/C17H22N2O.C11H14N4O2/c1-9-10(2)12(4)15(13(5)11(9)3)8-16-14(6)18-19(7)17(16)20;1-6-8(10(16)14(3)12-6)5-9-7(2)13-15(4)11(9)17/h8H,1-7H3;5,12H,1-4H3/b;9-5-. The SMILES string of the molecule is CC1=NN(C)C(=O)/C1=C\c1c(C)[nH]n(C)c1=O.CC1=NN(C)C(=O)C1=Cc1c(C)c(C)c(C)c(C)c1C. The van der Waals surface area contributed by atoms with Crippen molar-refractivity contribution >= 4 is 35.4 Å². The fourth-order valence-electron chi connectivity index (χ4n) is 4.55. The number of aromatic nitrogens is 2. The van der Waals surface area contributed by atoms with E-state index in [-0.39, 0.29) is 17.4 Å². The number of hydrogen-bond acceptors (Lipinski definition) is 5. The van der Waals surface area contributed by atoms with Gasteiger partial charge in [-0.3, -0.25) is 24.2 Å². The van der Waals surface area contributed by atoms with Gasteiger partial charge in [-0.25, -0.2) is 10.0 Å². The molecule has 1 aromatic carbocycles. The lowest BCUT2D eigenvalue weighted by Crippen LogP contribution is -2.18. The Morgan fingerprint density at radius 1 is 0.595 bits per heavy atom. The summed E-state index contributed by atoms with van der Waals surface area (Å²) in [4.78, 5) is 35.7. The second-order valence-electron chi connectivity index (χ2n) is 9.70. The van der Waals surface area contributed by atoms with Crippen LogP contribution in [0.25, 0.3) is 12.2 Å². The molecule has 0 atom stereocenters. The van der Waals surface area contributed by atoms with E-state index in [1.54, 1.807) is 41.1 Å². The molecule has 0 saturated carbocycles. The highest BCUT2D eigenvalue weighted by atomic mass is 16.2. The molecule has 37 heavy (non-hydrogen) atoms. The van der Waals surface area contributed by atoms with Gasteiger partial charge in [0.2, 0.25) is 0 Å². The highest BCUT2D eigenvalue weighted by Crippen LogP contribution is 2.29. The Kier molecular flexibility index (Phi) is 7.57. The quantitative estimate of drug-likeness (QED) is 0.631. The number of hydrogen-bond donors (Lipinski definition) is 1. The van der Waals surface area contributed by atoms with Crippen LogP contribution in [0.15, 0.2) is 26.1 Å². The van der Waals surface area contributed by atoms with E-state index in [0.717, 1.165) is 17.0 Å². The maximum atomic E-state index is 12.1. The number of benzene rings is 1. The molecule has 0 saturated heterocycles. The molecule has 9 heteroatoms. The normalized spacial score (nSPS) is 17.6. The van der Waals surface area contributed by atoms with Crippen LogP contribution in [-0.4, -0.2) is 57.1 Å². The monoisotopic (exact) mass is 504 g/mol. The highest BCUT2D eigenvalue weighted by molar-refractivity contribution is 6.27. The molecule has 2 aromatic rings. The van der Waals surface area contributed by atoms with Crippen molar-refractivity contribution in [2.24, 2.45) is 17.3 Å². The van der Waals surface area contributed by atoms with Crippen LogP contribution >= 0.6 is 0 Å².